The van der Waals surface area contributed by atoms with E-state index in [0.29, 0.717) is 0 Å². The average Bonchev–Trinajstić information content (AvgIpc) is 4.01. The van der Waals surface area contributed by atoms with Crippen LogP contribution in [0.15, 0.2) is 200 Å². The zero-order valence-corrected chi connectivity index (χ0v) is 31.6. The molecule has 0 saturated heterocycles. The molecule has 4 heteroatoms. The zero-order valence-electron chi connectivity index (χ0n) is 31.6. The van der Waals surface area contributed by atoms with Crippen molar-refractivity contribution < 1.29 is 0 Å². The second-order valence-corrected chi connectivity index (χ2v) is 15.7. The number of benzene rings is 8. The van der Waals surface area contributed by atoms with Gasteiger partial charge in [-0.05, 0) is 84.4 Å². The third-order valence-corrected chi connectivity index (χ3v) is 12.8. The quantitative estimate of drug-likeness (QED) is 0.176. The second kappa shape index (κ2) is 12.0. The van der Waals surface area contributed by atoms with Crippen molar-refractivity contribution in [3.63, 3.8) is 0 Å². The van der Waals surface area contributed by atoms with Crippen LogP contribution in [0, 0.1) is 0 Å². The van der Waals surface area contributed by atoms with Crippen molar-refractivity contribution in [3.05, 3.63) is 217 Å². The Balaban J connectivity index is 1.06. The van der Waals surface area contributed by atoms with Crippen LogP contribution in [-0.2, 0) is 0 Å². The Labute approximate surface area is 335 Å². The number of nitrogens with zero attached hydrogens (tertiary/aromatic N) is 4. The first-order chi connectivity index (χ1) is 28.8. The molecule has 1 aliphatic carbocycles. The van der Waals surface area contributed by atoms with Gasteiger partial charge in [0.25, 0.3) is 0 Å². The van der Waals surface area contributed by atoms with Crippen molar-refractivity contribution in [2.75, 3.05) is 4.90 Å². The maximum Gasteiger partial charge on any atom is 0.0722 e. The van der Waals surface area contributed by atoms with E-state index in [4.69, 9.17) is 0 Å². The minimum atomic E-state index is 0.0531. The zero-order chi connectivity index (χ0) is 37.9. The van der Waals surface area contributed by atoms with Gasteiger partial charge >= 0.3 is 0 Å². The highest BCUT2D eigenvalue weighted by Gasteiger charge is 2.44. The predicted octanol–water partition coefficient (Wildman–Crippen LogP) is 13.8. The molecule has 0 fully saturated rings. The molecule has 58 heavy (non-hydrogen) atoms. The van der Waals surface area contributed by atoms with E-state index in [1.165, 1.54) is 88.4 Å². The molecular formula is C54H36N4. The van der Waals surface area contributed by atoms with Crippen molar-refractivity contribution >= 4 is 72.0 Å². The summed E-state index contributed by atoms with van der Waals surface area (Å²) >= 11 is 0. The summed E-state index contributed by atoms with van der Waals surface area (Å²) in [6, 6.07) is 71.4. The Morgan fingerprint density at radius 2 is 0.828 bits per heavy atom. The van der Waals surface area contributed by atoms with Gasteiger partial charge in [-0.2, -0.15) is 0 Å². The summed E-state index contributed by atoms with van der Waals surface area (Å²) in [7, 11) is 0. The van der Waals surface area contributed by atoms with E-state index < -0.39 is 0 Å². The minimum absolute atomic E-state index is 0.0531. The third-order valence-electron chi connectivity index (χ3n) is 12.8. The monoisotopic (exact) mass is 740 g/mol. The Kier molecular flexibility index (Phi) is 6.53. The first-order valence-corrected chi connectivity index (χ1v) is 20.2. The highest BCUT2D eigenvalue weighted by Crippen LogP contribution is 2.58. The maximum atomic E-state index is 2.62. The summed E-state index contributed by atoms with van der Waals surface area (Å²) in [5.74, 6) is 0.168. The molecule has 272 valence electrons. The second-order valence-electron chi connectivity index (χ2n) is 15.7. The Morgan fingerprint density at radius 1 is 0.345 bits per heavy atom. The number of anilines is 2. The highest BCUT2D eigenvalue weighted by atomic mass is 15.2. The third kappa shape index (κ3) is 4.29. The van der Waals surface area contributed by atoms with Crippen LogP contribution >= 0.6 is 0 Å². The summed E-state index contributed by atoms with van der Waals surface area (Å²) in [5.41, 5.74) is 15.9. The van der Waals surface area contributed by atoms with Crippen molar-refractivity contribution in [2.24, 2.45) is 0 Å². The molecule has 1 aliphatic heterocycles. The number of rotatable bonds is 4. The summed E-state index contributed by atoms with van der Waals surface area (Å²) in [4.78, 5) is 2.62. The lowest BCUT2D eigenvalue weighted by Crippen LogP contribution is -2.24. The number of hydrogen-bond acceptors (Lipinski definition) is 1. The van der Waals surface area contributed by atoms with Crippen LogP contribution in [0.2, 0.25) is 0 Å². The van der Waals surface area contributed by atoms with Crippen LogP contribution in [0.3, 0.4) is 0 Å². The van der Waals surface area contributed by atoms with Gasteiger partial charge in [-0.3, -0.25) is 0 Å². The van der Waals surface area contributed by atoms with Crippen molar-refractivity contribution in [3.8, 4) is 17.1 Å². The fraction of sp³-hybridized carbons (Fsp3) is 0.0370. The molecule has 2 atom stereocenters. The van der Waals surface area contributed by atoms with Crippen LogP contribution in [0.1, 0.15) is 28.8 Å². The molecular weight excluding hydrogens is 705 g/mol. The van der Waals surface area contributed by atoms with E-state index >= 15 is 0 Å². The first kappa shape index (κ1) is 31.6. The molecule has 4 nitrogen and oxygen atoms in total. The lowest BCUT2D eigenvalue weighted by Gasteiger charge is -2.32. The first-order valence-electron chi connectivity index (χ1n) is 20.2. The van der Waals surface area contributed by atoms with Gasteiger partial charge in [-0.15, -0.1) is 0 Å². The molecule has 0 bridgehead atoms. The molecule has 3 aromatic heterocycles. The van der Waals surface area contributed by atoms with Crippen LogP contribution in [0.25, 0.3) is 77.7 Å². The molecule has 2 aliphatic rings. The maximum absolute atomic E-state index is 2.62. The minimum Gasteiger partial charge on any atom is -0.333 e. The van der Waals surface area contributed by atoms with E-state index in [1.807, 2.05) is 0 Å². The van der Waals surface area contributed by atoms with Gasteiger partial charge in [0.15, 0.2) is 0 Å². The molecule has 0 saturated carbocycles. The van der Waals surface area contributed by atoms with Crippen molar-refractivity contribution in [1.82, 2.24) is 13.7 Å². The standard InChI is InChI=1S/C54H36N4/c1-3-15-35(16-4-1)55-50-32-31-44-43-29-27-37(56-46-23-11-7-19-39(46)40-20-8-12-24-47(40)56)33-51(43)58(36-17-5-2-6-18-36)54(44)53(50)45-30-28-38(34-52(45)55)57-48-25-13-9-21-41(48)42-22-10-14-26-49(42)57/h1-34,44,54H. The predicted molar refractivity (Wildman–Crippen MR) is 241 cm³/mol. The Morgan fingerprint density at radius 3 is 1.40 bits per heavy atom. The van der Waals surface area contributed by atoms with Gasteiger partial charge < -0.3 is 18.6 Å². The van der Waals surface area contributed by atoms with E-state index in [1.54, 1.807) is 0 Å². The van der Waals surface area contributed by atoms with Crippen LogP contribution < -0.4 is 4.90 Å². The normalized spacial score (nSPS) is 15.8. The Hall–Kier alpha value is -7.56. The smallest absolute Gasteiger partial charge is 0.0722 e. The summed E-state index contributed by atoms with van der Waals surface area (Å²) in [5, 5.41) is 6.36. The van der Waals surface area contributed by atoms with E-state index in [2.05, 4.69) is 225 Å². The largest absolute Gasteiger partial charge is 0.333 e. The van der Waals surface area contributed by atoms with E-state index in [0.717, 1.165) is 11.4 Å². The van der Waals surface area contributed by atoms with E-state index in [9.17, 15) is 0 Å². The van der Waals surface area contributed by atoms with Crippen LogP contribution in [0.4, 0.5) is 11.4 Å². The van der Waals surface area contributed by atoms with E-state index in [-0.39, 0.29) is 12.0 Å². The summed E-state index contributed by atoms with van der Waals surface area (Å²) < 4.78 is 7.36. The van der Waals surface area contributed by atoms with Gasteiger partial charge in [0, 0.05) is 66.8 Å². The van der Waals surface area contributed by atoms with Gasteiger partial charge in [0.1, 0.15) is 0 Å². The fourth-order valence-corrected chi connectivity index (χ4v) is 10.4. The lowest BCUT2D eigenvalue weighted by atomic mass is 9.84. The number of fused-ring (bicyclic) bond motifs is 13. The Bertz CT molecular complexity index is 3370. The lowest BCUT2D eigenvalue weighted by molar-refractivity contribution is 0.669. The van der Waals surface area contributed by atoms with Crippen molar-refractivity contribution in [1.29, 1.82) is 0 Å². The van der Waals surface area contributed by atoms with Gasteiger partial charge in [0.05, 0.1) is 39.3 Å². The average molecular weight is 741 g/mol. The van der Waals surface area contributed by atoms with Crippen LogP contribution in [0.5, 0.6) is 0 Å². The van der Waals surface area contributed by atoms with Gasteiger partial charge in [0.2, 0.25) is 0 Å². The number of hydrogen-bond donors (Lipinski definition) is 0. The molecule has 0 radical (unpaired) electrons. The highest BCUT2D eigenvalue weighted by molar-refractivity contribution is 6.10. The SMILES string of the molecule is C1=CC2c3ccc(-n4c5ccccc5c5ccccc54)cc3N(c3ccccc3)C2c2c1n(-c1ccccc1)c1cc(-n3c4ccccc4c4ccccc43)ccc21. The number of aromatic nitrogens is 3. The van der Waals surface area contributed by atoms with Gasteiger partial charge in [-0.1, -0.05) is 127 Å². The van der Waals surface area contributed by atoms with Crippen LogP contribution in [-0.4, -0.2) is 13.7 Å². The van der Waals surface area contributed by atoms with Gasteiger partial charge in [-0.25, -0.2) is 0 Å². The molecule has 13 rings (SSSR count). The fourth-order valence-electron chi connectivity index (χ4n) is 10.4. The molecule has 11 aromatic rings. The topological polar surface area (TPSA) is 18.0 Å². The molecule has 8 aromatic carbocycles. The molecule has 2 unspecified atom stereocenters. The molecule has 0 spiro atoms. The number of para-hydroxylation sites is 6. The summed E-state index contributed by atoms with van der Waals surface area (Å²) in [6.07, 6.45) is 4.85. The summed E-state index contributed by atoms with van der Waals surface area (Å²) in [6.45, 7) is 0. The molecule has 0 amide bonds. The van der Waals surface area contributed by atoms with Crippen molar-refractivity contribution in [2.45, 2.75) is 12.0 Å². The molecule has 4 heterocycles. The molecule has 0 N–H and O–H groups in total.